The van der Waals surface area contributed by atoms with Crippen molar-refractivity contribution >= 4 is 6.03 Å². The quantitative estimate of drug-likeness (QED) is 0.663. The first kappa shape index (κ1) is 17.3. The molecule has 0 radical (unpaired) electrons. The Balaban J connectivity index is 2.13. The Labute approximate surface area is 137 Å². The van der Waals surface area contributed by atoms with Crippen LogP contribution in [0.1, 0.15) is 70.2 Å². The summed E-state index contributed by atoms with van der Waals surface area (Å²) in [7, 11) is 0. The summed E-state index contributed by atoms with van der Waals surface area (Å²) in [5, 5.41) is 15.8. The van der Waals surface area contributed by atoms with Crippen LogP contribution >= 0.6 is 0 Å². The SMILES string of the molecule is CCCCCCc1nnn(C(=O)n2ccnn2)c1CCCCC. The number of aryl methyl sites for hydroxylation is 1. The van der Waals surface area contributed by atoms with Crippen LogP contribution in [-0.4, -0.2) is 36.0 Å². The molecule has 0 saturated heterocycles. The van der Waals surface area contributed by atoms with E-state index in [1.54, 1.807) is 0 Å². The molecule has 0 spiro atoms. The molecule has 2 heterocycles. The minimum absolute atomic E-state index is 0.318. The van der Waals surface area contributed by atoms with E-state index in [1.807, 2.05) is 0 Å². The number of hydrogen-bond acceptors (Lipinski definition) is 5. The largest absolute Gasteiger partial charge is 0.372 e. The highest BCUT2D eigenvalue weighted by molar-refractivity contribution is 5.77. The molecule has 2 aromatic heterocycles. The molecule has 0 aliphatic heterocycles. The molecule has 0 saturated carbocycles. The molecule has 0 fully saturated rings. The Kier molecular flexibility index (Phi) is 6.90. The van der Waals surface area contributed by atoms with Crippen LogP contribution in [0.4, 0.5) is 4.79 Å². The van der Waals surface area contributed by atoms with Crippen molar-refractivity contribution in [2.75, 3.05) is 0 Å². The van der Waals surface area contributed by atoms with Crippen LogP contribution < -0.4 is 0 Å². The van der Waals surface area contributed by atoms with Crippen LogP contribution in [0.2, 0.25) is 0 Å². The summed E-state index contributed by atoms with van der Waals surface area (Å²) in [4.78, 5) is 12.5. The van der Waals surface area contributed by atoms with Gasteiger partial charge in [0, 0.05) is 0 Å². The lowest BCUT2D eigenvalue weighted by molar-refractivity contribution is 0.236. The molecule has 0 amide bonds. The molecular formula is C16H26N6O. The Morgan fingerprint density at radius 3 is 2.43 bits per heavy atom. The van der Waals surface area contributed by atoms with Gasteiger partial charge in [-0.2, -0.15) is 9.36 Å². The summed E-state index contributed by atoms with van der Waals surface area (Å²) < 4.78 is 2.58. The molecule has 0 aliphatic rings. The summed E-state index contributed by atoms with van der Waals surface area (Å²) in [5.74, 6) is 0. The van der Waals surface area contributed by atoms with E-state index >= 15 is 0 Å². The van der Waals surface area contributed by atoms with Crippen LogP contribution in [0.5, 0.6) is 0 Å². The number of unbranched alkanes of at least 4 members (excludes halogenated alkanes) is 5. The molecule has 0 unspecified atom stereocenters. The third-order valence-corrected chi connectivity index (χ3v) is 3.93. The first-order valence-corrected chi connectivity index (χ1v) is 8.62. The molecule has 126 valence electrons. The maximum atomic E-state index is 12.5. The summed E-state index contributed by atoms with van der Waals surface area (Å²) in [6, 6.07) is -0.318. The zero-order valence-electron chi connectivity index (χ0n) is 14.1. The van der Waals surface area contributed by atoms with E-state index in [0.717, 1.165) is 49.9 Å². The number of aromatic nitrogens is 6. The van der Waals surface area contributed by atoms with E-state index < -0.39 is 0 Å². The van der Waals surface area contributed by atoms with Crippen molar-refractivity contribution in [3.05, 3.63) is 23.8 Å². The maximum Gasteiger partial charge on any atom is 0.372 e. The minimum atomic E-state index is -0.318. The van der Waals surface area contributed by atoms with E-state index in [1.165, 1.54) is 41.0 Å². The van der Waals surface area contributed by atoms with Crippen molar-refractivity contribution in [2.45, 2.75) is 71.6 Å². The van der Waals surface area contributed by atoms with Crippen LogP contribution in [0.3, 0.4) is 0 Å². The van der Waals surface area contributed by atoms with Gasteiger partial charge in [0.05, 0.1) is 23.8 Å². The summed E-state index contributed by atoms with van der Waals surface area (Å²) >= 11 is 0. The standard InChI is InChI=1S/C16H26N6O/c1-3-5-7-9-10-14-15(11-8-6-4-2)22(20-18-14)16(23)21-13-12-17-19-21/h12-13H,3-11H2,1-2H3. The fourth-order valence-electron chi connectivity index (χ4n) is 2.60. The van der Waals surface area contributed by atoms with Gasteiger partial charge in [-0.25, -0.2) is 4.79 Å². The van der Waals surface area contributed by atoms with Gasteiger partial charge < -0.3 is 0 Å². The van der Waals surface area contributed by atoms with E-state index in [-0.39, 0.29) is 6.03 Å². The van der Waals surface area contributed by atoms with Crippen LogP contribution in [0.15, 0.2) is 12.4 Å². The average molecular weight is 318 g/mol. The first-order valence-electron chi connectivity index (χ1n) is 8.62. The van der Waals surface area contributed by atoms with Crippen molar-refractivity contribution in [1.29, 1.82) is 0 Å². The molecule has 7 nitrogen and oxygen atoms in total. The predicted octanol–water partition coefficient (Wildman–Crippen LogP) is 3.24. The Hall–Kier alpha value is -2.05. The maximum absolute atomic E-state index is 12.5. The molecule has 2 aromatic rings. The molecular weight excluding hydrogens is 292 g/mol. The highest BCUT2D eigenvalue weighted by Crippen LogP contribution is 2.14. The van der Waals surface area contributed by atoms with Crippen molar-refractivity contribution in [2.24, 2.45) is 0 Å². The van der Waals surface area contributed by atoms with Crippen molar-refractivity contribution in [3.63, 3.8) is 0 Å². The van der Waals surface area contributed by atoms with Crippen molar-refractivity contribution < 1.29 is 4.79 Å². The lowest BCUT2D eigenvalue weighted by Gasteiger charge is -2.06. The second kappa shape index (κ2) is 9.17. The van der Waals surface area contributed by atoms with Gasteiger partial charge in [0.1, 0.15) is 0 Å². The number of carbonyl (C=O) groups excluding carboxylic acids is 1. The third kappa shape index (κ3) is 4.71. The molecule has 23 heavy (non-hydrogen) atoms. The molecule has 0 atom stereocenters. The van der Waals surface area contributed by atoms with Gasteiger partial charge in [-0.1, -0.05) is 56.4 Å². The molecule has 0 bridgehead atoms. The summed E-state index contributed by atoms with van der Waals surface area (Å²) in [6.07, 6.45) is 12.8. The average Bonchev–Trinajstić information content (AvgIpc) is 3.21. The van der Waals surface area contributed by atoms with E-state index in [2.05, 4.69) is 34.5 Å². The smallest absolute Gasteiger partial charge is 0.243 e. The first-order chi connectivity index (χ1) is 11.3. The third-order valence-electron chi connectivity index (χ3n) is 3.93. The summed E-state index contributed by atoms with van der Waals surface area (Å²) in [6.45, 7) is 4.37. The van der Waals surface area contributed by atoms with E-state index in [4.69, 9.17) is 0 Å². The molecule has 2 rings (SSSR count). The van der Waals surface area contributed by atoms with Crippen LogP contribution in [-0.2, 0) is 12.8 Å². The molecule has 0 aromatic carbocycles. The number of hydrogen-bond donors (Lipinski definition) is 0. The van der Waals surface area contributed by atoms with Gasteiger partial charge in [-0.3, -0.25) is 0 Å². The van der Waals surface area contributed by atoms with Crippen molar-refractivity contribution in [3.8, 4) is 0 Å². The number of carbonyl (C=O) groups is 1. The predicted molar refractivity (Wildman–Crippen MR) is 87.3 cm³/mol. The second-order valence-corrected chi connectivity index (χ2v) is 5.79. The highest BCUT2D eigenvalue weighted by atomic mass is 16.2. The zero-order valence-corrected chi connectivity index (χ0v) is 14.1. The van der Waals surface area contributed by atoms with E-state index in [9.17, 15) is 4.79 Å². The van der Waals surface area contributed by atoms with Crippen LogP contribution in [0, 0.1) is 0 Å². The molecule has 0 aliphatic carbocycles. The van der Waals surface area contributed by atoms with Gasteiger partial charge >= 0.3 is 6.03 Å². The molecule has 0 N–H and O–H groups in total. The second-order valence-electron chi connectivity index (χ2n) is 5.79. The minimum Gasteiger partial charge on any atom is -0.243 e. The van der Waals surface area contributed by atoms with Gasteiger partial charge in [0.15, 0.2) is 0 Å². The zero-order chi connectivity index (χ0) is 16.5. The van der Waals surface area contributed by atoms with Gasteiger partial charge in [-0.15, -0.1) is 10.2 Å². The van der Waals surface area contributed by atoms with Gasteiger partial charge in [-0.05, 0) is 25.7 Å². The monoisotopic (exact) mass is 318 g/mol. The normalized spacial score (nSPS) is 11.0. The fourth-order valence-corrected chi connectivity index (χ4v) is 2.60. The van der Waals surface area contributed by atoms with Crippen molar-refractivity contribution in [1.82, 2.24) is 30.0 Å². The Bertz CT molecular complexity index is 590. The Morgan fingerprint density at radius 2 is 1.74 bits per heavy atom. The highest BCUT2D eigenvalue weighted by Gasteiger charge is 2.19. The van der Waals surface area contributed by atoms with Gasteiger partial charge in [0.2, 0.25) is 0 Å². The number of nitrogens with zero attached hydrogens (tertiary/aromatic N) is 6. The van der Waals surface area contributed by atoms with E-state index in [0.29, 0.717) is 0 Å². The van der Waals surface area contributed by atoms with Gasteiger partial charge in [0.25, 0.3) is 0 Å². The Morgan fingerprint density at radius 1 is 1.00 bits per heavy atom. The summed E-state index contributed by atoms with van der Waals surface area (Å²) in [5.41, 5.74) is 1.88. The lowest BCUT2D eigenvalue weighted by atomic mass is 10.1. The molecule has 7 heteroatoms. The lowest BCUT2D eigenvalue weighted by Crippen LogP contribution is -2.23. The number of rotatable bonds is 9. The van der Waals surface area contributed by atoms with Crippen LogP contribution in [0.25, 0.3) is 0 Å². The fraction of sp³-hybridized carbons (Fsp3) is 0.688. The topological polar surface area (TPSA) is 78.5 Å².